The van der Waals surface area contributed by atoms with E-state index in [0.717, 1.165) is 20.5 Å². The third-order valence-electron chi connectivity index (χ3n) is 4.39. The largest absolute Gasteiger partial charge is 0.478 e. The van der Waals surface area contributed by atoms with Gasteiger partial charge in [0.25, 0.3) is 0 Å². The molecule has 4 rings (SSSR count). The summed E-state index contributed by atoms with van der Waals surface area (Å²) in [5, 5.41) is 0. The zero-order chi connectivity index (χ0) is 18.0. The van der Waals surface area contributed by atoms with Crippen LogP contribution in [0, 0.1) is 0 Å². The van der Waals surface area contributed by atoms with E-state index >= 15 is 0 Å². The van der Waals surface area contributed by atoms with Gasteiger partial charge in [-0.1, -0.05) is 60.7 Å². The summed E-state index contributed by atoms with van der Waals surface area (Å²) in [7, 11) is -1.24. The monoisotopic (exact) mass is 428 g/mol. The van der Waals surface area contributed by atoms with Crippen molar-refractivity contribution in [1.82, 2.24) is 0 Å². The van der Waals surface area contributed by atoms with E-state index < -0.39 is 16.4 Å². The van der Waals surface area contributed by atoms with Crippen LogP contribution in [-0.4, -0.2) is 16.8 Å². The van der Waals surface area contributed by atoms with E-state index in [4.69, 9.17) is 9.47 Å². The SMILES string of the molecule is O=S(COc1c(Br)cccc1C1(c2ccccc2)CO1)c1ccccc1. The highest BCUT2D eigenvalue weighted by atomic mass is 79.9. The molecule has 1 aliphatic heterocycles. The third kappa shape index (κ3) is 3.34. The van der Waals surface area contributed by atoms with Gasteiger partial charge in [-0.3, -0.25) is 4.21 Å². The van der Waals surface area contributed by atoms with E-state index in [0.29, 0.717) is 12.4 Å². The number of hydrogen-bond donors (Lipinski definition) is 0. The molecule has 0 saturated carbocycles. The van der Waals surface area contributed by atoms with Gasteiger partial charge in [-0.2, -0.15) is 0 Å². The molecule has 1 aliphatic rings. The van der Waals surface area contributed by atoms with Crippen LogP contribution >= 0.6 is 15.9 Å². The average Bonchev–Trinajstić information content (AvgIpc) is 3.50. The van der Waals surface area contributed by atoms with Crippen LogP contribution in [0.5, 0.6) is 5.75 Å². The fourth-order valence-corrected chi connectivity index (χ4v) is 4.29. The zero-order valence-corrected chi connectivity index (χ0v) is 16.3. The van der Waals surface area contributed by atoms with Gasteiger partial charge in [-0.25, -0.2) is 0 Å². The van der Waals surface area contributed by atoms with Gasteiger partial charge < -0.3 is 9.47 Å². The quantitative estimate of drug-likeness (QED) is 0.525. The minimum absolute atomic E-state index is 0.0878. The predicted molar refractivity (Wildman–Crippen MR) is 106 cm³/mol. The van der Waals surface area contributed by atoms with Gasteiger partial charge in [0.2, 0.25) is 0 Å². The number of halogens is 1. The number of epoxide rings is 1. The minimum Gasteiger partial charge on any atom is -0.478 e. The molecule has 2 atom stereocenters. The van der Waals surface area contributed by atoms with Crippen LogP contribution in [0.2, 0.25) is 0 Å². The third-order valence-corrected chi connectivity index (χ3v) is 6.15. The highest BCUT2D eigenvalue weighted by Crippen LogP contribution is 2.50. The maximum atomic E-state index is 12.5. The van der Waals surface area contributed by atoms with Crippen molar-refractivity contribution in [1.29, 1.82) is 0 Å². The summed E-state index contributed by atoms with van der Waals surface area (Å²) in [6.07, 6.45) is 0. The van der Waals surface area contributed by atoms with Crippen molar-refractivity contribution >= 4 is 26.7 Å². The summed E-state index contributed by atoms with van der Waals surface area (Å²) < 4.78 is 25.2. The van der Waals surface area contributed by atoms with Gasteiger partial charge in [0.1, 0.15) is 11.4 Å². The first-order valence-electron chi connectivity index (χ1n) is 8.25. The van der Waals surface area contributed by atoms with Crippen LogP contribution in [0.25, 0.3) is 0 Å². The Morgan fingerprint density at radius 2 is 1.62 bits per heavy atom. The topological polar surface area (TPSA) is 38.8 Å². The molecule has 3 aromatic rings. The molecular weight excluding hydrogens is 412 g/mol. The van der Waals surface area contributed by atoms with Gasteiger partial charge >= 0.3 is 0 Å². The van der Waals surface area contributed by atoms with Crippen molar-refractivity contribution in [2.45, 2.75) is 10.5 Å². The molecule has 132 valence electrons. The smallest absolute Gasteiger partial charge is 0.167 e. The normalized spacial score (nSPS) is 19.7. The van der Waals surface area contributed by atoms with Crippen molar-refractivity contribution in [3.8, 4) is 5.75 Å². The van der Waals surface area contributed by atoms with Crippen LogP contribution < -0.4 is 4.74 Å². The standard InChI is InChI=1S/C21H17BrO3S/c22-19-13-7-12-18(21(14-25-21)16-8-3-1-4-9-16)20(19)24-15-26(23)17-10-5-2-6-11-17/h1-13H,14-15H2. The van der Waals surface area contributed by atoms with Gasteiger partial charge in [-0.15, -0.1) is 0 Å². The lowest BCUT2D eigenvalue weighted by Gasteiger charge is -2.19. The summed E-state index contributed by atoms with van der Waals surface area (Å²) in [6.45, 7) is 0.603. The maximum Gasteiger partial charge on any atom is 0.167 e. The van der Waals surface area contributed by atoms with Crippen molar-refractivity contribution in [2.75, 3.05) is 12.5 Å². The molecule has 5 heteroatoms. The second-order valence-corrected chi connectivity index (χ2v) is 8.27. The molecule has 1 heterocycles. The molecule has 0 N–H and O–H groups in total. The summed E-state index contributed by atoms with van der Waals surface area (Å²) in [4.78, 5) is 0.751. The summed E-state index contributed by atoms with van der Waals surface area (Å²) in [5.74, 6) is 0.767. The van der Waals surface area contributed by atoms with E-state index in [1.807, 2.05) is 66.7 Å². The van der Waals surface area contributed by atoms with Crippen molar-refractivity contribution in [3.63, 3.8) is 0 Å². The highest BCUT2D eigenvalue weighted by Gasteiger charge is 2.50. The van der Waals surface area contributed by atoms with E-state index in [9.17, 15) is 4.21 Å². The molecule has 1 fully saturated rings. The summed E-state index contributed by atoms with van der Waals surface area (Å²) in [6, 6.07) is 25.3. The lowest BCUT2D eigenvalue weighted by atomic mass is 9.91. The molecule has 1 saturated heterocycles. The van der Waals surface area contributed by atoms with Gasteiger partial charge in [0.05, 0.1) is 21.9 Å². The Labute approximate surface area is 163 Å². The first-order valence-corrected chi connectivity index (χ1v) is 10.4. The number of benzene rings is 3. The molecule has 0 spiro atoms. The van der Waals surface area contributed by atoms with Gasteiger partial charge in [0.15, 0.2) is 5.94 Å². The Morgan fingerprint density at radius 3 is 2.27 bits per heavy atom. The lowest BCUT2D eigenvalue weighted by molar-refractivity contribution is 0.327. The molecule has 0 aliphatic carbocycles. The van der Waals surface area contributed by atoms with E-state index in [1.165, 1.54) is 0 Å². The van der Waals surface area contributed by atoms with Crippen LogP contribution in [0.3, 0.4) is 0 Å². The molecule has 26 heavy (non-hydrogen) atoms. The molecule has 0 aromatic heterocycles. The first-order chi connectivity index (χ1) is 12.7. The Kier molecular flexibility index (Phi) is 4.94. The highest BCUT2D eigenvalue weighted by molar-refractivity contribution is 9.10. The molecule has 3 nitrogen and oxygen atoms in total. The van der Waals surface area contributed by atoms with E-state index in [2.05, 4.69) is 28.1 Å². The molecule has 0 amide bonds. The van der Waals surface area contributed by atoms with Gasteiger partial charge in [0, 0.05) is 10.5 Å². The second kappa shape index (κ2) is 7.35. The number of hydrogen-bond acceptors (Lipinski definition) is 3. The Morgan fingerprint density at radius 1 is 0.962 bits per heavy atom. The zero-order valence-electron chi connectivity index (χ0n) is 13.9. The molecule has 0 radical (unpaired) electrons. The van der Waals surface area contributed by atoms with Crippen LogP contribution in [-0.2, 0) is 21.1 Å². The Hall–Kier alpha value is -1.95. The first kappa shape index (κ1) is 17.5. The van der Waals surface area contributed by atoms with Crippen LogP contribution in [0.4, 0.5) is 0 Å². The summed E-state index contributed by atoms with van der Waals surface area (Å²) in [5.41, 5.74) is 1.55. The molecule has 3 aromatic carbocycles. The van der Waals surface area contributed by atoms with Crippen molar-refractivity contribution in [3.05, 3.63) is 94.5 Å². The minimum atomic E-state index is -1.24. The predicted octanol–water partition coefficient (Wildman–Crippen LogP) is 4.87. The fourth-order valence-electron chi connectivity index (χ4n) is 2.98. The maximum absolute atomic E-state index is 12.5. The van der Waals surface area contributed by atoms with Crippen molar-refractivity contribution in [2.24, 2.45) is 0 Å². The molecular formula is C21H17BrO3S. The summed E-state index contributed by atoms with van der Waals surface area (Å²) >= 11 is 3.57. The van der Waals surface area contributed by atoms with E-state index in [-0.39, 0.29) is 5.94 Å². The Balaban J connectivity index is 1.63. The Bertz CT molecular complexity index is 925. The van der Waals surface area contributed by atoms with Crippen LogP contribution in [0.15, 0.2) is 88.2 Å². The molecule has 0 bridgehead atoms. The van der Waals surface area contributed by atoms with Gasteiger partial charge in [-0.05, 0) is 39.7 Å². The molecule has 2 unspecified atom stereocenters. The van der Waals surface area contributed by atoms with Crippen molar-refractivity contribution < 1.29 is 13.7 Å². The van der Waals surface area contributed by atoms with Crippen LogP contribution in [0.1, 0.15) is 11.1 Å². The second-order valence-electron chi connectivity index (χ2n) is 6.02. The number of rotatable bonds is 6. The number of para-hydroxylation sites is 1. The lowest BCUT2D eigenvalue weighted by Crippen LogP contribution is -2.15. The fraction of sp³-hybridized carbons (Fsp3) is 0.143. The van der Waals surface area contributed by atoms with E-state index in [1.54, 1.807) is 0 Å². The number of ether oxygens (including phenoxy) is 2. The average molecular weight is 429 g/mol.